The molecular formula is C12H15ClN2S. The summed E-state index contributed by atoms with van der Waals surface area (Å²) >= 11 is 7.78. The topological polar surface area (TPSA) is 49.8 Å². The lowest BCUT2D eigenvalue weighted by molar-refractivity contribution is 0.744. The zero-order chi connectivity index (χ0) is 12.0. The molecular weight excluding hydrogens is 240 g/mol. The summed E-state index contributed by atoms with van der Waals surface area (Å²) in [5, 5.41) is 9.57. The smallest absolute Gasteiger partial charge is 0.101 e. The van der Waals surface area contributed by atoms with Crippen molar-refractivity contribution in [1.82, 2.24) is 0 Å². The summed E-state index contributed by atoms with van der Waals surface area (Å²) in [6, 6.07) is 6.02. The summed E-state index contributed by atoms with van der Waals surface area (Å²) in [5.41, 5.74) is 7.07. The van der Waals surface area contributed by atoms with Gasteiger partial charge in [-0.05, 0) is 49.8 Å². The fraction of sp³-hybridized carbons (Fsp3) is 0.417. The van der Waals surface area contributed by atoms with Crippen molar-refractivity contribution in [3.05, 3.63) is 28.3 Å². The first-order chi connectivity index (χ1) is 7.72. The Balaban J connectivity index is 2.93. The molecule has 0 aliphatic carbocycles. The van der Waals surface area contributed by atoms with Crippen LogP contribution in [0.5, 0.6) is 0 Å². The van der Waals surface area contributed by atoms with Crippen LogP contribution < -0.4 is 5.73 Å². The summed E-state index contributed by atoms with van der Waals surface area (Å²) in [7, 11) is 0. The van der Waals surface area contributed by atoms with Crippen LogP contribution in [0.2, 0.25) is 5.02 Å². The molecule has 4 heteroatoms. The normalized spacial score (nSPS) is 10.1. The molecule has 1 aromatic rings. The number of rotatable bonds is 5. The van der Waals surface area contributed by atoms with Crippen LogP contribution in [0.25, 0.3) is 0 Å². The van der Waals surface area contributed by atoms with Gasteiger partial charge in [-0.15, -0.1) is 11.8 Å². The van der Waals surface area contributed by atoms with Crippen molar-refractivity contribution in [1.29, 1.82) is 5.26 Å². The quantitative estimate of drug-likeness (QED) is 0.648. The van der Waals surface area contributed by atoms with E-state index >= 15 is 0 Å². The lowest BCUT2D eigenvalue weighted by Crippen LogP contribution is -1.99. The molecule has 0 radical (unpaired) electrons. The number of benzene rings is 1. The van der Waals surface area contributed by atoms with Crippen LogP contribution in [0, 0.1) is 11.3 Å². The summed E-state index contributed by atoms with van der Waals surface area (Å²) in [5.74, 6) is 0. The van der Waals surface area contributed by atoms with Crippen LogP contribution in [0.15, 0.2) is 17.0 Å². The number of hydrogen-bond donors (Lipinski definition) is 1. The lowest BCUT2D eigenvalue weighted by atomic mass is 10.1. The molecule has 0 atom stereocenters. The Morgan fingerprint density at radius 1 is 1.44 bits per heavy atom. The van der Waals surface area contributed by atoms with Crippen molar-refractivity contribution in [3.63, 3.8) is 0 Å². The molecule has 0 aromatic heterocycles. The van der Waals surface area contributed by atoms with Crippen LogP contribution in [0.3, 0.4) is 0 Å². The van der Waals surface area contributed by atoms with Crippen molar-refractivity contribution in [3.8, 4) is 6.07 Å². The maximum Gasteiger partial charge on any atom is 0.101 e. The summed E-state index contributed by atoms with van der Waals surface area (Å²) in [6.07, 6.45) is 4.88. The van der Waals surface area contributed by atoms with Crippen molar-refractivity contribution < 1.29 is 0 Å². The molecule has 16 heavy (non-hydrogen) atoms. The first kappa shape index (κ1) is 13.4. The van der Waals surface area contributed by atoms with E-state index in [4.69, 9.17) is 22.6 Å². The zero-order valence-corrected chi connectivity index (χ0v) is 10.9. The molecule has 0 spiro atoms. The Kier molecular flexibility index (Phi) is 5.68. The van der Waals surface area contributed by atoms with Crippen LogP contribution in [-0.2, 0) is 6.42 Å². The van der Waals surface area contributed by atoms with E-state index in [1.165, 1.54) is 0 Å². The molecule has 2 nitrogen and oxygen atoms in total. The van der Waals surface area contributed by atoms with Crippen LogP contribution >= 0.6 is 23.4 Å². The minimum Gasteiger partial charge on any atom is -0.330 e. The number of nitrogens with two attached hydrogens (primary N) is 1. The molecule has 0 saturated carbocycles. The number of halogens is 1. The van der Waals surface area contributed by atoms with Gasteiger partial charge in [-0.2, -0.15) is 5.26 Å². The van der Waals surface area contributed by atoms with Gasteiger partial charge >= 0.3 is 0 Å². The van der Waals surface area contributed by atoms with Gasteiger partial charge in [0.15, 0.2) is 0 Å². The second-order valence-corrected chi connectivity index (χ2v) is 4.76. The van der Waals surface area contributed by atoms with E-state index < -0.39 is 0 Å². The van der Waals surface area contributed by atoms with E-state index in [-0.39, 0.29) is 0 Å². The van der Waals surface area contributed by atoms with Gasteiger partial charge in [-0.1, -0.05) is 11.6 Å². The first-order valence-electron chi connectivity index (χ1n) is 5.19. The van der Waals surface area contributed by atoms with Gasteiger partial charge in [0.25, 0.3) is 0 Å². The van der Waals surface area contributed by atoms with Crippen LogP contribution in [0.4, 0.5) is 0 Å². The number of unbranched alkanes of at least 4 members (excludes halogenated alkanes) is 1. The van der Waals surface area contributed by atoms with Crippen LogP contribution in [-0.4, -0.2) is 12.8 Å². The molecule has 86 valence electrons. The molecule has 0 aliphatic rings. The van der Waals surface area contributed by atoms with Crippen molar-refractivity contribution in [2.75, 3.05) is 12.8 Å². The first-order valence-corrected chi connectivity index (χ1v) is 6.79. The van der Waals surface area contributed by atoms with Crippen molar-refractivity contribution >= 4 is 23.4 Å². The predicted octanol–water partition coefficient (Wildman–Crippen LogP) is 3.21. The van der Waals surface area contributed by atoms with Crippen molar-refractivity contribution in [2.45, 2.75) is 24.2 Å². The Bertz CT molecular complexity index is 399. The highest BCUT2D eigenvalue weighted by molar-refractivity contribution is 7.98. The molecule has 0 aliphatic heterocycles. The van der Waals surface area contributed by atoms with Gasteiger partial charge in [0, 0.05) is 4.90 Å². The number of thioether (sulfide) groups is 1. The third kappa shape index (κ3) is 3.41. The van der Waals surface area contributed by atoms with Gasteiger partial charge < -0.3 is 5.73 Å². The highest BCUT2D eigenvalue weighted by atomic mass is 35.5. The molecule has 2 N–H and O–H groups in total. The maximum atomic E-state index is 8.97. The molecule has 0 bridgehead atoms. The minimum atomic E-state index is 0.566. The SMILES string of the molecule is CSc1cc(C#N)c(Cl)c(CCCCN)c1. The van der Waals surface area contributed by atoms with E-state index in [2.05, 4.69) is 12.1 Å². The Hall–Kier alpha value is -0.690. The van der Waals surface area contributed by atoms with E-state index in [9.17, 15) is 0 Å². The van der Waals surface area contributed by atoms with E-state index in [0.717, 1.165) is 29.7 Å². The fourth-order valence-corrected chi connectivity index (χ4v) is 2.24. The standard InChI is InChI=1S/C12H15ClN2S/c1-16-11-6-9(4-2-3-5-14)12(13)10(7-11)8-15/h6-7H,2-5,14H2,1H3. The van der Waals surface area contributed by atoms with Gasteiger partial charge in [-0.25, -0.2) is 0 Å². The summed E-state index contributed by atoms with van der Waals surface area (Å²) < 4.78 is 0. The molecule has 0 amide bonds. The Morgan fingerprint density at radius 3 is 2.75 bits per heavy atom. The highest BCUT2D eigenvalue weighted by Crippen LogP contribution is 2.28. The molecule has 0 unspecified atom stereocenters. The summed E-state index contributed by atoms with van der Waals surface area (Å²) in [4.78, 5) is 1.09. The third-order valence-corrected chi connectivity index (χ3v) is 3.53. The van der Waals surface area contributed by atoms with Gasteiger partial charge in [0.05, 0.1) is 10.6 Å². The molecule has 1 rings (SSSR count). The second-order valence-electron chi connectivity index (χ2n) is 3.51. The Morgan fingerprint density at radius 2 is 2.19 bits per heavy atom. The maximum absolute atomic E-state index is 8.97. The number of aryl methyl sites for hydroxylation is 1. The number of nitrogens with zero attached hydrogens (tertiary/aromatic N) is 1. The average Bonchev–Trinajstić information content (AvgIpc) is 2.31. The zero-order valence-electron chi connectivity index (χ0n) is 9.29. The van der Waals surface area contributed by atoms with Gasteiger partial charge in [0.2, 0.25) is 0 Å². The lowest BCUT2D eigenvalue weighted by Gasteiger charge is -2.08. The fourth-order valence-electron chi connectivity index (χ4n) is 1.50. The Labute approximate surface area is 106 Å². The molecule has 0 fully saturated rings. The minimum absolute atomic E-state index is 0.566. The monoisotopic (exact) mass is 254 g/mol. The molecule has 0 saturated heterocycles. The molecule has 0 heterocycles. The third-order valence-electron chi connectivity index (χ3n) is 2.38. The van der Waals surface area contributed by atoms with Crippen LogP contribution in [0.1, 0.15) is 24.0 Å². The predicted molar refractivity (Wildman–Crippen MR) is 69.9 cm³/mol. The second kappa shape index (κ2) is 6.80. The number of hydrogen-bond acceptors (Lipinski definition) is 3. The number of nitriles is 1. The summed E-state index contributed by atoms with van der Waals surface area (Å²) in [6.45, 7) is 0.699. The van der Waals surface area contributed by atoms with E-state index in [0.29, 0.717) is 17.1 Å². The molecule has 1 aromatic carbocycles. The van der Waals surface area contributed by atoms with Gasteiger partial charge in [0.1, 0.15) is 6.07 Å². The largest absolute Gasteiger partial charge is 0.330 e. The highest BCUT2D eigenvalue weighted by Gasteiger charge is 2.08. The van der Waals surface area contributed by atoms with Crippen molar-refractivity contribution in [2.24, 2.45) is 5.73 Å². The van der Waals surface area contributed by atoms with E-state index in [1.807, 2.05) is 12.3 Å². The average molecular weight is 255 g/mol. The van der Waals surface area contributed by atoms with Gasteiger partial charge in [-0.3, -0.25) is 0 Å². The van der Waals surface area contributed by atoms with E-state index in [1.54, 1.807) is 11.8 Å².